The summed E-state index contributed by atoms with van der Waals surface area (Å²) in [5.74, 6) is 0.808. The lowest BCUT2D eigenvalue weighted by molar-refractivity contribution is 0.180. The van der Waals surface area contributed by atoms with Crippen LogP contribution < -0.4 is 5.32 Å². The molecular formula is C17H32N2. The second-order valence-corrected chi connectivity index (χ2v) is 6.78. The van der Waals surface area contributed by atoms with Crippen LogP contribution in [0.2, 0.25) is 0 Å². The lowest BCUT2D eigenvalue weighted by Crippen LogP contribution is -2.43. The van der Waals surface area contributed by atoms with Crippen molar-refractivity contribution in [2.45, 2.75) is 64.8 Å². The van der Waals surface area contributed by atoms with Crippen LogP contribution in [0.25, 0.3) is 0 Å². The molecule has 0 saturated carbocycles. The van der Waals surface area contributed by atoms with Gasteiger partial charge in [0.25, 0.3) is 0 Å². The van der Waals surface area contributed by atoms with E-state index < -0.39 is 0 Å². The molecule has 0 aromatic rings. The molecule has 1 heterocycles. The molecule has 19 heavy (non-hydrogen) atoms. The first-order valence-corrected chi connectivity index (χ1v) is 8.37. The Balaban J connectivity index is 1.56. The van der Waals surface area contributed by atoms with Crippen molar-refractivity contribution in [1.29, 1.82) is 0 Å². The molecule has 2 heteroatoms. The van der Waals surface area contributed by atoms with Crippen LogP contribution in [0, 0.1) is 5.92 Å². The van der Waals surface area contributed by atoms with Gasteiger partial charge in [-0.05, 0) is 70.5 Å². The molecule has 1 saturated heterocycles. The predicted molar refractivity (Wildman–Crippen MR) is 83.5 cm³/mol. The van der Waals surface area contributed by atoms with Crippen LogP contribution in [-0.2, 0) is 0 Å². The Hall–Kier alpha value is -0.340. The minimum Gasteiger partial charge on any atom is -0.314 e. The highest BCUT2D eigenvalue weighted by molar-refractivity contribution is 5.05. The zero-order valence-electron chi connectivity index (χ0n) is 13.0. The molecule has 1 N–H and O–H groups in total. The van der Waals surface area contributed by atoms with E-state index in [0.717, 1.165) is 12.0 Å². The van der Waals surface area contributed by atoms with Gasteiger partial charge in [0.05, 0.1) is 0 Å². The molecule has 0 bridgehead atoms. The first-order chi connectivity index (χ1) is 9.24. The van der Waals surface area contributed by atoms with Gasteiger partial charge in [-0.15, -0.1) is 0 Å². The van der Waals surface area contributed by atoms with E-state index in [1.54, 1.807) is 5.57 Å². The van der Waals surface area contributed by atoms with Crippen LogP contribution in [-0.4, -0.2) is 37.1 Å². The van der Waals surface area contributed by atoms with E-state index in [1.165, 1.54) is 71.1 Å². The summed E-state index contributed by atoms with van der Waals surface area (Å²) in [6.45, 7) is 9.70. The van der Waals surface area contributed by atoms with Crippen molar-refractivity contribution in [3.8, 4) is 0 Å². The van der Waals surface area contributed by atoms with Gasteiger partial charge in [-0.25, -0.2) is 0 Å². The molecule has 2 aliphatic rings. The third kappa shape index (κ3) is 5.66. The van der Waals surface area contributed by atoms with Gasteiger partial charge in [0.2, 0.25) is 0 Å². The maximum Gasteiger partial charge on any atom is 0.00915 e. The molecule has 0 amide bonds. The fourth-order valence-electron chi connectivity index (χ4n) is 3.40. The fraction of sp³-hybridized carbons (Fsp3) is 0.882. The first kappa shape index (κ1) is 15.1. The summed E-state index contributed by atoms with van der Waals surface area (Å²) in [6, 6.07) is 0.771. The number of rotatable bonds is 6. The molecule has 2 nitrogen and oxygen atoms in total. The van der Waals surface area contributed by atoms with E-state index in [1.807, 2.05) is 0 Å². The smallest absolute Gasteiger partial charge is 0.00915 e. The molecular weight excluding hydrogens is 232 g/mol. The standard InChI is InChI=1S/C17H32N2/c1-15(2)14-19-12-9-17(10-13-19)18-11-8-16-6-4-3-5-7-16/h6,15,17-18H,3-5,7-14H2,1-2H3. The van der Waals surface area contributed by atoms with E-state index in [9.17, 15) is 0 Å². The molecule has 0 aromatic carbocycles. The van der Waals surface area contributed by atoms with Crippen molar-refractivity contribution in [1.82, 2.24) is 10.2 Å². The Kier molecular flexibility index (Phi) is 6.39. The molecule has 0 aromatic heterocycles. The highest BCUT2D eigenvalue weighted by Gasteiger charge is 2.18. The summed E-state index contributed by atoms with van der Waals surface area (Å²) in [5, 5.41) is 3.78. The molecule has 0 spiro atoms. The van der Waals surface area contributed by atoms with Gasteiger partial charge in [-0.3, -0.25) is 0 Å². The van der Waals surface area contributed by atoms with Gasteiger partial charge < -0.3 is 10.2 Å². The van der Waals surface area contributed by atoms with Crippen LogP contribution in [0.5, 0.6) is 0 Å². The van der Waals surface area contributed by atoms with Gasteiger partial charge in [0.1, 0.15) is 0 Å². The first-order valence-electron chi connectivity index (χ1n) is 8.37. The molecule has 1 aliphatic heterocycles. The van der Waals surface area contributed by atoms with Crippen molar-refractivity contribution in [2.24, 2.45) is 5.92 Å². The van der Waals surface area contributed by atoms with Gasteiger partial charge in [-0.1, -0.05) is 25.5 Å². The van der Waals surface area contributed by atoms with E-state index >= 15 is 0 Å². The van der Waals surface area contributed by atoms with Crippen LogP contribution in [0.15, 0.2) is 11.6 Å². The number of hydrogen-bond donors (Lipinski definition) is 1. The maximum atomic E-state index is 3.78. The quantitative estimate of drug-likeness (QED) is 0.738. The average molecular weight is 264 g/mol. The second kappa shape index (κ2) is 8.06. The Morgan fingerprint density at radius 3 is 2.68 bits per heavy atom. The SMILES string of the molecule is CC(C)CN1CCC(NCCC2=CCCCC2)CC1. The second-order valence-electron chi connectivity index (χ2n) is 6.78. The zero-order valence-corrected chi connectivity index (χ0v) is 13.0. The minimum atomic E-state index is 0.771. The van der Waals surface area contributed by atoms with Crippen LogP contribution in [0.3, 0.4) is 0 Å². The minimum absolute atomic E-state index is 0.771. The lowest BCUT2D eigenvalue weighted by atomic mass is 9.97. The molecule has 0 unspecified atom stereocenters. The normalized spacial score (nSPS) is 22.8. The van der Waals surface area contributed by atoms with Gasteiger partial charge in [0.15, 0.2) is 0 Å². The van der Waals surface area contributed by atoms with E-state index in [-0.39, 0.29) is 0 Å². The summed E-state index contributed by atoms with van der Waals surface area (Å²) < 4.78 is 0. The number of allylic oxidation sites excluding steroid dienone is 1. The highest BCUT2D eigenvalue weighted by Crippen LogP contribution is 2.20. The van der Waals surface area contributed by atoms with Crippen LogP contribution in [0.4, 0.5) is 0 Å². The van der Waals surface area contributed by atoms with E-state index in [4.69, 9.17) is 0 Å². The van der Waals surface area contributed by atoms with Crippen molar-refractivity contribution >= 4 is 0 Å². The lowest BCUT2D eigenvalue weighted by Gasteiger charge is -2.33. The Labute approximate surface area is 119 Å². The molecule has 2 rings (SSSR count). The van der Waals surface area contributed by atoms with Gasteiger partial charge in [0, 0.05) is 12.6 Å². The Bertz CT molecular complexity index is 275. The van der Waals surface area contributed by atoms with Crippen molar-refractivity contribution in [3.63, 3.8) is 0 Å². The topological polar surface area (TPSA) is 15.3 Å². The Morgan fingerprint density at radius 1 is 1.26 bits per heavy atom. The predicted octanol–water partition coefficient (Wildman–Crippen LogP) is 3.59. The molecule has 110 valence electrons. The van der Waals surface area contributed by atoms with Gasteiger partial charge >= 0.3 is 0 Å². The van der Waals surface area contributed by atoms with E-state index in [0.29, 0.717) is 0 Å². The van der Waals surface area contributed by atoms with Crippen molar-refractivity contribution < 1.29 is 0 Å². The maximum absolute atomic E-state index is 3.78. The van der Waals surface area contributed by atoms with Gasteiger partial charge in [-0.2, -0.15) is 0 Å². The third-order valence-corrected chi connectivity index (χ3v) is 4.48. The number of likely N-dealkylation sites (tertiary alicyclic amines) is 1. The monoisotopic (exact) mass is 264 g/mol. The Morgan fingerprint density at radius 2 is 2.05 bits per heavy atom. The summed E-state index contributed by atoms with van der Waals surface area (Å²) in [7, 11) is 0. The molecule has 1 aliphatic carbocycles. The van der Waals surface area contributed by atoms with Crippen LogP contribution in [0.1, 0.15) is 58.8 Å². The third-order valence-electron chi connectivity index (χ3n) is 4.48. The zero-order chi connectivity index (χ0) is 13.5. The number of hydrogen-bond acceptors (Lipinski definition) is 2. The summed E-state index contributed by atoms with van der Waals surface area (Å²) in [5.41, 5.74) is 1.70. The summed E-state index contributed by atoms with van der Waals surface area (Å²) in [6.07, 6.45) is 11.9. The summed E-state index contributed by atoms with van der Waals surface area (Å²) >= 11 is 0. The highest BCUT2D eigenvalue weighted by atomic mass is 15.1. The van der Waals surface area contributed by atoms with Crippen LogP contribution >= 0.6 is 0 Å². The summed E-state index contributed by atoms with van der Waals surface area (Å²) in [4.78, 5) is 2.63. The van der Waals surface area contributed by atoms with Crippen molar-refractivity contribution in [2.75, 3.05) is 26.2 Å². The molecule has 0 radical (unpaired) electrons. The largest absolute Gasteiger partial charge is 0.314 e. The number of nitrogens with zero attached hydrogens (tertiary/aromatic N) is 1. The molecule has 1 fully saturated rings. The number of piperidine rings is 1. The van der Waals surface area contributed by atoms with E-state index in [2.05, 4.69) is 30.1 Å². The fourth-order valence-corrected chi connectivity index (χ4v) is 3.40. The van der Waals surface area contributed by atoms with Crippen molar-refractivity contribution in [3.05, 3.63) is 11.6 Å². The number of nitrogens with one attached hydrogen (secondary N) is 1. The molecule has 0 atom stereocenters. The average Bonchev–Trinajstić information content (AvgIpc) is 2.41.